The first-order valence-electron chi connectivity index (χ1n) is 5.06. The molecule has 0 aromatic carbocycles. The first kappa shape index (κ1) is 15.3. The van der Waals surface area contributed by atoms with E-state index in [-0.39, 0.29) is 6.61 Å². The number of hydrogen-bond donors (Lipinski definition) is 1. The van der Waals surface area contributed by atoms with Gasteiger partial charge in [0, 0.05) is 0 Å². The Kier molecular flexibility index (Phi) is 5.88. The number of ether oxygens (including phenoxy) is 1. The van der Waals surface area contributed by atoms with Crippen molar-refractivity contribution in [3.8, 4) is 0 Å². The maximum absolute atomic E-state index is 13.3. The summed E-state index contributed by atoms with van der Waals surface area (Å²) in [5.41, 5.74) is 0. The predicted molar refractivity (Wildman–Crippen MR) is 56.2 cm³/mol. The van der Waals surface area contributed by atoms with Crippen LogP contribution in [0, 0.1) is 0 Å². The molecule has 1 unspecified atom stereocenters. The molecule has 0 aromatic heterocycles. The van der Waals surface area contributed by atoms with Gasteiger partial charge in [0.15, 0.2) is 0 Å². The fourth-order valence-corrected chi connectivity index (χ4v) is 1.20. The quantitative estimate of drug-likeness (QED) is 0.426. The van der Waals surface area contributed by atoms with Crippen molar-refractivity contribution in [3.63, 3.8) is 0 Å². The molecule has 0 radical (unpaired) electrons. The van der Waals surface area contributed by atoms with Crippen LogP contribution >= 0.6 is 0 Å². The van der Waals surface area contributed by atoms with Gasteiger partial charge >= 0.3 is 21.1 Å². The second kappa shape index (κ2) is 6.15. The van der Waals surface area contributed by atoms with E-state index in [1.165, 1.54) is 0 Å². The monoisotopic (exact) mass is 256 g/mol. The van der Waals surface area contributed by atoms with Crippen LogP contribution in [0.3, 0.4) is 0 Å². The third-order valence-corrected chi connectivity index (χ3v) is 3.22. The van der Waals surface area contributed by atoms with Crippen LogP contribution in [0.5, 0.6) is 0 Å². The average Bonchev–Trinajstić information content (AvgIpc) is 2.15. The Hall–Kier alpha value is -0.690. The van der Waals surface area contributed by atoms with Gasteiger partial charge in [0.1, 0.15) is 0 Å². The molecular weight excluding hydrogens is 239 g/mol. The van der Waals surface area contributed by atoms with Crippen LogP contribution in [-0.4, -0.2) is 30.5 Å². The molecule has 0 amide bonds. The summed E-state index contributed by atoms with van der Waals surface area (Å²) in [4.78, 5) is 11.0. The van der Waals surface area contributed by atoms with Gasteiger partial charge < -0.3 is 4.74 Å². The Balaban J connectivity index is 4.08. The highest BCUT2D eigenvalue weighted by Gasteiger charge is 2.48. The van der Waals surface area contributed by atoms with Gasteiger partial charge in [-0.15, -0.1) is 0 Å². The van der Waals surface area contributed by atoms with Crippen molar-refractivity contribution < 1.29 is 26.9 Å². The topological polar surface area (TPSA) is 80.7 Å². The molecule has 0 saturated heterocycles. The van der Waals surface area contributed by atoms with Crippen molar-refractivity contribution in [2.75, 3.05) is 6.61 Å². The van der Waals surface area contributed by atoms with Gasteiger partial charge in [-0.25, -0.2) is 9.18 Å². The lowest BCUT2D eigenvalue weighted by molar-refractivity contribution is -0.151. The minimum absolute atomic E-state index is 0.0478. The highest BCUT2D eigenvalue weighted by molar-refractivity contribution is 7.87. The van der Waals surface area contributed by atoms with E-state index in [0.717, 1.165) is 19.3 Å². The van der Waals surface area contributed by atoms with Crippen molar-refractivity contribution in [1.82, 2.24) is 0 Å². The van der Waals surface area contributed by atoms with Crippen LogP contribution in [0.25, 0.3) is 0 Å². The Labute approximate surface area is 94.7 Å². The highest BCUT2D eigenvalue weighted by atomic mass is 32.2. The SMILES string of the molecule is CCCCCCOC(=O)C(C)(F)S(=O)(=O)O. The Bertz CT molecular complexity index is 323. The summed E-state index contributed by atoms with van der Waals surface area (Å²) >= 11 is 0. The van der Waals surface area contributed by atoms with Gasteiger partial charge in [0.2, 0.25) is 0 Å². The fourth-order valence-electron chi connectivity index (χ4n) is 0.928. The fraction of sp³-hybridized carbons (Fsp3) is 0.889. The van der Waals surface area contributed by atoms with E-state index < -0.39 is 21.1 Å². The number of esters is 1. The molecule has 16 heavy (non-hydrogen) atoms. The lowest BCUT2D eigenvalue weighted by Crippen LogP contribution is -2.40. The summed E-state index contributed by atoms with van der Waals surface area (Å²) in [6.07, 6.45) is 3.32. The third-order valence-electron chi connectivity index (χ3n) is 2.08. The molecule has 5 nitrogen and oxygen atoms in total. The maximum Gasteiger partial charge on any atom is 0.362 e. The van der Waals surface area contributed by atoms with E-state index in [2.05, 4.69) is 4.74 Å². The number of hydrogen-bond acceptors (Lipinski definition) is 4. The molecule has 0 heterocycles. The Morgan fingerprint density at radius 3 is 2.38 bits per heavy atom. The number of rotatable bonds is 7. The molecule has 0 rings (SSSR count). The smallest absolute Gasteiger partial charge is 0.362 e. The molecular formula is C9H17FO5S. The second-order valence-corrected chi connectivity index (χ2v) is 5.31. The number of unbranched alkanes of at least 4 members (excludes halogenated alkanes) is 3. The van der Waals surface area contributed by atoms with Gasteiger partial charge in [0.25, 0.3) is 0 Å². The molecule has 7 heteroatoms. The van der Waals surface area contributed by atoms with E-state index >= 15 is 0 Å². The van der Waals surface area contributed by atoms with Gasteiger partial charge in [-0.3, -0.25) is 4.55 Å². The zero-order chi connectivity index (χ0) is 12.8. The summed E-state index contributed by atoms with van der Waals surface area (Å²) in [6, 6.07) is 0. The van der Waals surface area contributed by atoms with Crippen molar-refractivity contribution >= 4 is 16.1 Å². The standard InChI is InChI=1S/C9H17FO5S/c1-3-4-5-6-7-15-8(11)9(2,10)16(12,13)14/h3-7H2,1-2H3,(H,12,13,14). The summed E-state index contributed by atoms with van der Waals surface area (Å²) < 4.78 is 47.2. The number of alkyl halides is 1. The van der Waals surface area contributed by atoms with Crippen LogP contribution in [0.15, 0.2) is 0 Å². The molecule has 0 spiro atoms. The number of halogens is 1. The molecule has 0 aliphatic carbocycles. The summed E-state index contributed by atoms with van der Waals surface area (Å²) in [5.74, 6) is -1.58. The third kappa shape index (κ3) is 4.44. The minimum atomic E-state index is -5.09. The average molecular weight is 256 g/mol. The first-order valence-corrected chi connectivity index (χ1v) is 6.50. The van der Waals surface area contributed by atoms with Gasteiger partial charge in [0.05, 0.1) is 6.61 Å². The summed E-state index contributed by atoms with van der Waals surface area (Å²) in [6.45, 7) is 2.41. The summed E-state index contributed by atoms with van der Waals surface area (Å²) in [7, 11) is -5.09. The van der Waals surface area contributed by atoms with Gasteiger partial charge in [-0.05, 0) is 13.3 Å². The highest BCUT2D eigenvalue weighted by Crippen LogP contribution is 2.19. The molecule has 1 atom stereocenters. The number of carbonyl (C=O) groups is 1. The van der Waals surface area contributed by atoms with Crippen molar-refractivity contribution in [2.45, 2.75) is 44.5 Å². The molecule has 96 valence electrons. The molecule has 0 fully saturated rings. The van der Waals surface area contributed by atoms with Crippen LogP contribution in [0.1, 0.15) is 39.5 Å². The van der Waals surface area contributed by atoms with Gasteiger partial charge in [-0.1, -0.05) is 26.2 Å². The molecule has 0 saturated carbocycles. The molecule has 0 aromatic rings. The lowest BCUT2D eigenvalue weighted by atomic mass is 10.2. The van der Waals surface area contributed by atoms with Crippen molar-refractivity contribution in [3.05, 3.63) is 0 Å². The largest absolute Gasteiger partial charge is 0.462 e. The van der Waals surface area contributed by atoms with Crippen LogP contribution in [0.2, 0.25) is 0 Å². The Morgan fingerprint density at radius 1 is 1.38 bits per heavy atom. The van der Waals surface area contributed by atoms with E-state index in [9.17, 15) is 17.6 Å². The second-order valence-electron chi connectivity index (χ2n) is 3.59. The van der Waals surface area contributed by atoms with E-state index in [1.807, 2.05) is 6.92 Å². The van der Waals surface area contributed by atoms with E-state index in [0.29, 0.717) is 13.3 Å². The van der Waals surface area contributed by atoms with Crippen molar-refractivity contribution in [2.24, 2.45) is 0 Å². The molecule has 0 aliphatic rings. The zero-order valence-corrected chi connectivity index (χ0v) is 10.2. The normalized spacial score (nSPS) is 15.5. The van der Waals surface area contributed by atoms with Crippen LogP contribution in [-0.2, 0) is 19.6 Å². The first-order chi connectivity index (χ1) is 7.23. The molecule has 0 bridgehead atoms. The number of carbonyl (C=O) groups excluding carboxylic acids is 1. The van der Waals surface area contributed by atoms with Gasteiger partial charge in [-0.2, -0.15) is 8.42 Å². The zero-order valence-electron chi connectivity index (χ0n) is 9.40. The molecule has 1 N–H and O–H groups in total. The van der Waals surface area contributed by atoms with E-state index in [4.69, 9.17) is 4.55 Å². The molecule has 0 aliphatic heterocycles. The predicted octanol–water partition coefficient (Wildman–Crippen LogP) is 1.68. The maximum atomic E-state index is 13.3. The lowest BCUT2D eigenvalue weighted by Gasteiger charge is -2.15. The van der Waals surface area contributed by atoms with E-state index in [1.54, 1.807) is 0 Å². The van der Waals surface area contributed by atoms with Crippen LogP contribution < -0.4 is 0 Å². The minimum Gasteiger partial charge on any atom is -0.462 e. The van der Waals surface area contributed by atoms with Crippen molar-refractivity contribution in [1.29, 1.82) is 0 Å². The van der Waals surface area contributed by atoms with Crippen LogP contribution in [0.4, 0.5) is 4.39 Å². The summed E-state index contributed by atoms with van der Waals surface area (Å²) in [5, 5.41) is -3.39. The Morgan fingerprint density at radius 2 is 1.94 bits per heavy atom.